The molecule has 0 bridgehead atoms. The van der Waals surface area contributed by atoms with Gasteiger partial charge in [-0.25, -0.2) is 13.1 Å². The van der Waals surface area contributed by atoms with Gasteiger partial charge in [0.15, 0.2) is 0 Å². The fourth-order valence-electron chi connectivity index (χ4n) is 3.01. The summed E-state index contributed by atoms with van der Waals surface area (Å²) in [5, 5.41) is 2.43. The molecule has 11 heteroatoms. The molecule has 1 heterocycles. The van der Waals surface area contributed by atoms with E-state index in [0.717, 1.165) is 17.3 Å². The van der Waals surface area contributed by atoms with Crippen LogP contribution in [0.4, 0.5) is 10.5 Å². The number of imide groups is 1. The fraction of sp³-hybridized carbons (Fsp3) is 0.286. The van der Waals surface area contributed by atoms with Crippen molar-refractivity contribution in [2.45, 2.75) is 31.3 Å². The number of benzene rings is 2. The summed E-state index contributed by atoms with van der Waals surface area (Å²) in [5.74, 6) is -0.445. The van der Waals surface area contributed by atoms with Gasteiger partial charge >= 0.3 is 0 Å². The molecule has 0 unspecified atom stereocenters. The number of methoxy groups -OCH3 is 1. The zero-order valence-electron chi connectivity index (χ0n) is 17.7. The molecule has 1 fully saturated rings. The zero-order chi connectivity index (χ0) is 23.5. The van der Waals surface area contributed by atoms with Crippen molar-refractivity contribution < 1.29 is 27.5 Å². The third-order valence-corrected chi connectivity index (χ3v) is 7.04. The molecular weight excluding hydrogens is 454 g/mol. The van der Waals surface area contributed by atoms with Crippen LogP contribution in [0.3, 0.4) is 0 Å². The Balaban J connectivity index is 1.75. The number of hydrogen-bond donors (Lipinski definition) is 2. The minimum atomic E-state index is -3.87. The molecule has 2 aromatic rings. The van der Waals surface area contributed by atoms with Crippen molar-refractivity contribution in [3.05, 3.63) is 53.6 Å². The molecule has 0 aromatic heterocycles. The summed E-state index contributed by atoms with van der Waals surface area (Å²) in [6.07, 6.45) is 0. The molecule has 2 aromatic carbocycles. The Morgan fingerprint density at radius 3 is 2.41 bits per heavy atom. The molecular formula is C21H23N3O6S2. The van der Waals surface area contributed by atoms with E-state index in [1.807, 2.05) is 0 Å². The second-order valence-corrected chi connectivity index (χ2v) is 9.94. The Morgan fingerprint density at radius 2 is 1.84 bits per heavy atom. The highest BCUT2D eigenvalue weighted by Crippen LogP contribution is 2.26. The summed E-state index contributed by atoms with van der Waals surface area (Å²) in [5.41, 5.74) is 1.36. The molecule has 9 nitrogen and oxygen atoms in total. The van der Waals surface area contributed by atoms with Crippen molar-refractivity contribution in [1.82, 2.24) is 9.62 Å². The molecule has 2 N–H and O–H groups in total. The van der Waals surface area contributed by atoms with Gasteiger partial charge in [0.2, 0.25) is 15.9 Å². The van der Waals surface area contributed by atoms with Gasteiger partial charge in [-0.15, -0.1) is 0 Å². The Morgan fingerprint density at radius 1 is 1.16 bits per heavy atom. The molecule has 0 saturated carbocycles. The van der Waals surface area contributed by atoms with Gasteiger partial charge in [-0.1, -0.05) is 23.9 Å². The summed E-state index contributed by atoms with van der Waals surface area (Å²) < 4.78 is 32.8. The van der Waals surface area contributed by atoms with E-state index in [2.05, 4.69) is 10.0 Å². The highest BCUT2D eigenvalue weighted by Gasteiger charge is 2.29. The van der Waals surface area contributed by atoms with Gasteiger partial charge in [0.25, 0.3) is 11.1 Å². The fourth-order valence-corrected chi connectivity index (χ4v) is 5.19. The molecule has 1 saturated heterocycles. The smallest absolute Gasteiger partial charge is 0.289 e. The van der Waals surface area contributed by atoms with Gasteiger partial charge in [0.1, 0.15) is 10.6 Å². The molecule has 3 rings (SSSR count). The first-order chi connectivity index (χ1) is 15.1. The lowest BCUT2D eigenvalue weighted by Gasteiger charge is -2.15. The molecule has 0 atom stereocenters. The van der Waals surface area contributed by atoms with E-state index < -0.39 is 15.9 Å². The summed E-state index contributed by atoms with van der Waals surface area (Å²) in [7, 11) is -2.52. The average molecular weight is 478 g/mol. The van der Waals surface area contributed by atoms with Gasteiger partial charge in [0, 0.05) is 17.3 Å². The minimum absolute atomic E-state index is 0.128. The second kappa shape index (κ2) is 9.72. The number of ether oxygens (including phenoxy) is 1. The van der Waals surface area contributed by atoms with Crippen LogP contribution in [-0.4, -0.2) is 49.3 Å². The van der Waals surface area contributed by atoms with Crippen LogP contribution in [0.15, 0.2) is 47.4 Å². The zero-order valence-corrected chi connectivity index (χ0v) is 19.4. The normalized spacial score (nSPS) is 14.2. The second-order valence-electron chi connectivity index (χ2n) is 7.33. The van der Waals surface area contributed by atoms with E-state index in [0.29, 0.717) is 5.69 Å². The van der Waals surface area contributed by atoms with Crippen LogP contribution >= 0.6 is 11.8 Å². The lowest BCUT2D eigenvalue weighted by atomic mass is 10.1. The molecule has 1 aliphatic heterocycles. The van der Waals surface area contributed by atoms with E-state index >= 15 is 0 Å². The topological polar surface area (TPSA) is 122 Å². The van der Waals surface area contributed by atoms with Crippen molar-refractivity contribution >= 4 is 44.5 Å². The van der Waals surface area contributed by atoms with Crippen LogP contribution < -0.4 is 14.8 Å². The van der Waals surface area contributed by atoms with E-state index in [-0.39, 0.29) is 45.7 Å². The van der Waals surface area contributed by atoms with Crippen molar-refractivity contribution in [2.75, 3.05) is 18.2 Å². The van der Waals surface area contributed by atoms with E-state index in [9.17, 15) is 22.8 Å². The molecule has 3 amide bonds. The first kappa shape index (κ1) is 23.8. The Kier molecular flexibility index (Phi) is 7.22. The quantitative estimate of drug-likeness (QED) is 0.599. The third kappa shape index (κ3) is 5.47. The van der Waals surface area contributed by atoms with Crippen LogP contribution in [0.5, 0.6) is 5.75 Å². The number of nitrogens with one attached hydrogen (secondary N) is 2. The number of amides is 3. The lowest BCUT2D eigenvalue weighted by molar-refractivity contribution is -0.125. The highest BCUT2D eigenvalue weighted by atomic mass is 32.2. The number of carbonyl (C=O) groups excluding carboxylic acids is 3. The van der Waals surface area contributed by atoms with Crippen LogP contribution in [0.25, 0.3) is 0 Å². The van der Waals surface area contributed by atoms with Gasteiger partial charge in [0.05, 0.1) is 19.4 Å². The predicted octanol–water partition coefficient (Wildman–Crippen LogP) is 2.83. The molecule has 170 valence electrons. The Labute approximate surface area is 190 Å². The van der Waals surface area contributed by atoms with Crippen LogP contribution in [0.1, 0.15) is 29.8 Å². The SMILES string of the molecule is COc1ccc(C(=O)Nc2ccc(CN3C(=O)CSC3=O)cc2)cc1S(=O)(=O)NC(C)C. The molecule has 32 heavy (non-hydrogen) atoms. The number of sulfonamides is 1. The van der Waals surface area contributed by atoms with Gasteiger partial charge in [-0.2, -0.15) is 0 Å². The number of rotatable bonds is 8. The van der Waals surface area contributed by atoms with E-state index in [1.165, 1.54) is 30.2 Å². The lowest BCUT2D eigenvalue weighted by Crippen LogP contribution is -2.30. The first-order valence-electron chi connectivity index (χ1n) is 9.68. The van der Waals surface area contributed by atoms with Crippen molar-refractivity contribution in [2.24, 2.45) is 0 Å². The molecule has 0 spiro atoms. The standard InChI is InChI=1S/C21H23N3O6S2/c1-13(2)23-32(28,29)18-10-15(6-9-17(18)30-3)20(26)22-16-7-4-14(5-8-16)11-24-19(25)12-31-21(24)27/h4-10,13,23H,11-12H2,1-3H3,(H,22,26). The summed E-state index contributed by atoms with van der Waals surface area (Å²) in [4.78, 5) is 37.2. The monoisotopic (exact) mass is 477 g/mol. The van der Waals surface area contributed by atoms with Crippen LogP contribution in [0, 0.1) is 0 Å². The number of carbonyl (C=O) groups is 3. The maximum atomic E-state index is 12.7. The Hall–Kier alpha value is -2.89. The summed E-state index contributed by atoms with van der Waals surface area (Å²) in [6.45, 7) is 3.55. The number of nitrogens with zero attached hydrogens (tertiary/aromatic N) is 1. The highest BCUT2D eigenvalue weighted by molar-refractivity contribution is 8.14. The summed E-state index contributed by atoms with van der Waals surface area (Å²) >= 11 is 0.975. The maximum Gasteiger partial charge on any atom is 0.289 e. The third-order valence-electron chi connectivity index (χ3n) is 4.50. The van der Waals surface area contributed by atoms with Crippen molar-refractivity contribution in [3.8, 4) is 5.75 Å². The van der Waals surface area contributed by atoms with Gasteiger partial charge in [-0.05, 0) is 49.7 Å². The minimum Gasteiger partial charge on any atom is -0.495 e. The van der Waals surface area contributed by atoms with Gasteiger partial charge in [-0.3, -0.25) is 19.3 Å². The molecule has 0 aliphatic carbocycles. The van der Waals surface area contributed by atoms with Gasteiger partial charge < -0.3 is 10.1 Å². The Bertz CT molecular complexity index is 1130. The van der Waals surface area contributed by atoms with E-state index in [1.54, 1.807) is 38.1 Å². The summed E-state index contributed by atoms with van der Waals surface area (Å²) in [6, 6.07) is 10.5. The average Bonchev–Trinajstić information content (AvgIpc) is 3.05. The van der Waals surface area contributed by atoms with Crippen molar-refractivity contribution in [1.29, 1.82) is 0 Å². The first-order valence-corrected chi connectivity index (χ1v) is 12.2. The largest absolute Gasteiger partial charge is 0.495 e. The molecule has 1 aliphatic rings. The number of anilines is 1. The number of hydrogen-bond acceptors (Lipinski definition) is 7. The predicted molar refractivity (Wildman–Crippen MR) is 121 cm³/mol. The van der Waals surface area contributed by atoms with Crippen LogP contribution in [0.2, 0.25) is 0 Å². The number of thioether (sulfide) groups is 1. The van der Waals surface area contributed by atoms with E-state index in [4.69, 9.17) is 4.74 Å². The maximum absolute atomic E-state index is 12.7. The van der Waals surface area contributed by atoms with Crippen LogP contribution in [-0.2, 0) is 21.4 Å². The molecule has 0 radical (unpaired) electrons. The van der Waals surface area contributed by atoms with Crippen molar-refractivity contribution in [3.63, 3.8) is 0 Å².